The van der Waals surface area contributed by atoms with Gasteiger partial charge in [-0.2, -0.15) is 0 Å². The number of carbonyl (C=O) groups is 2. The van der Waals surface area contributed by atoms with Crippen molar-refractivity contribution in [3.05, 3.63) is 22.7 Å². The van der Waals surface area contributed by atoms with Crippen LogP contribution in [-0.2, 0) is 9.59 Å². The van der Waals surface area contributed by atoms with Crippen LogP contribution in [0.25, 0.3) is 0 Å². The number of rotatable bonds is 8. The van der Waals surface area contributed by atoms with E-state index >= 15 is 0 Å². The largest absolute Gasteiger partial charge is 0.495 e. The number of benzene rings is 1. The lowest BCUT2D eigenvalue weighted by molar-refractivity contribution is -0.133. The molecule has 140 valence electrons. The molecule has 0 saturated heterocycles. The first-order valence-corrected chi connectivity index (χ1v) is 8.75. The molecular weight excluding hydrogens is 342 g/mol. The van der Waals surface area contributed by atoms with E-state index in [1.165, 1.54) is 7.11 Å². The van der Waals surface area contributed by atoms with Crippen LogP contribution in [0, 0.1) is 6.92 Å². The standard InChI is InChI=1S/C18H28ClN3O3/c1-7-22(8-2)17(23)11-21(5)13(4)18(24)20-15-9-12(3)14(19)10-16(15)25-6/h9-10,13H,7-8,11H2,1-6H3,(H,20,24). The van der Waals surface area contributed by atoms with E-state index in [1.807, 2.05) is 20.8 Å². The molecule has 0 radical (unpaired) electrons. The maximum absolute atomic E-state index is 12.5. The molecule has 0 aliphatic rings. The number of hydrogen-bond donors (Lipinski definition) is 1. The van der Waals surface area contributed by atoms with Gasteiger partial charge in [0.2, 0.25) is 11.8 Å². The zero-order valence-electron chi connectivity index (χ0n) is 15.9. The summed E-state index contributed by atoms with van der Waals surface area (Å²) in [6, 6.07) is 2.97. The predicted octanol–water partition coefficient (Wildman–Crippen LogP) is 2.78. The Morgan fingerprint density at radius 1 is 1.28 bits per heavy atom. The number of hydrogen-bond acceptors (Lipinski definition) is 4. The molecule has 25 heavy (non-hydrogen) atoms. The molecule has 7 heteroatoms. The van der Waals surface area contributed by atoms with Crippen molar-refractivity contribution < 1.29 is 14.3 Å². The summed E-state index contributed by atoms with van der Waals surface area (Å²) < 4.78 is 5.27. The van der Waals surface area contributed by atoms with Crippen LogP contribution in [0.15, 0.2) is 12.1 Å². The van der Waals surface area contributed by atoms with Gasteiger partial charge >= 0.3 is 0 Å². The zero-order valence-corrected chi connectivity index (χ0v) is 16.6. The number of ether oxygens (including phenoxy) is 1. The molecule has 0 spiro atoms. The van der Waals surface area contributed by atoms with Gasteiger partial charge in [-0.05, 0) is 46.4 Å². The molecule has 0 bridgehead atoms. The molecule has 0 aliphatic heterocycles. The van der Waals surface area contributed by atoms with Crippen LogP contribution in [0.5, 0.6) is 5.75 Å². The van der Waals surface area contributed by atoms with E-state index in [2.05, 4.69) is 5.32 Å². The van der Waals surface area contributed by atoms with Crippen LogP contribution in [0.3, 0.4) is 0 Å². The van der Waals surface area contributed by atoms with E-state index < -0.39 is 6.04 Å². The zero-order chi connectivity index (χ0) is 19.1. The van der Waals surface area contributed by atoms with Gasteiger partial charge in [0.25, 0.3) is 0 Å². The highest BCUT2D eigenvalue weighted by atomic mass is 35.5. The lowest BCUT2D eigenvalue weighted by atomic mass is 10.2. The fraction of sp³-hybridized carbons (Fsp3) is 0.556. The van der Waals surface area contributed by atoms with Gasteiger partial charge in [-0.15, -0.1) is 0 Å². The molecule has 1 atom stereocenters. The van der Waals surface area contributed by atoms with Crippen LogP contribution in [0.4, 0.5) is 5.69 Å². The van der Waals surface area contributed by atoms with Crippen molar-refractivity contribution in [2.45, 2.75) is 33.7 Å². The molecule has 1 aromatic rings. The van der Waals surface area contributed by atoms with Crippen molar-refractivity contribution in [2.24, 2.45) is 0 Å². The van der Waals surface area contributed by atoms with E-state index in [4.69, 9.17) is 16.3 Å². The molecule has 1 rings (SSSR count). The highest BCUT2D eigenvalue weighted by Gasteiger charge is 2.23. The molecule has 1 unspecified atom stereocenters. The summed E-state index contributed by atoms with van der Waals surface area (Å²) in [7, 11) is 3.28. The second-order valence-electron chi connectivity index (χ2n) is 5.95. The number of anilines is 1. The molecule has 1 aromatic carbocycles. The summed E-state index contributed by atoms with van der Waals surface area (Å²) in [6.07, 6.45) is 0. The molecule has 0 aromatic heterocycles. The lowest BCUT2D eigenvalue weighted by Crippen LogP contribution is -2.46. The fourth-order valence-electron chi connectivity index (χ4n) is 2.39. The Balaban J connectivity index is 2.80. The highest BCUT2D eigenvalue weighted by molar-refractivity contribution is 6.31. The number of carbonyl (C=O) groups excluding carboxylic acids is 2. The normalized spacial score (nSPS) is 12.0. The smallest absolute Gasteiger partial charge is 0.241 e. The number of halogens is 1. The first kappa shape index (κ1) is 21.3. The number of methoxy groups -OCH3 is 1. The van der Waals surface area contributed by atoms with Crippen LogP contribution < -0.4 is 10.1 Å². The Kier molecular flexibility index (Phi) is 8.19. The number of aryl methyl sites for hydroxylation is 1. The average molecular weight is 370 g/mol. The Hall–Kier alpha value is -1.79. The van der Waals surface area contributed by atoms with E-state index in [0.717, 1.165) is 5.56 Å². The first-order chi connectivity index (χ1) is 11.7. The monoisotopic (exact) mass is 369 g/mol. The van der Waals surface area contributed by atoms with Gasteiger partial charge in [0, 0.05) is 24.2 Å². The van der Waals surface area contributed by atoms with E-state index in [-0.39, 0.29) is 18.4 Å². The molecule has 0 fully saturated rings. The second kappa shape index (κ2) is 9.63. The van der Waals surface area contributed by atoms with Crippen LogP contribution in [0.1, 0.15) is 26.3 Å². The lowest BCUT2D eigenvalue weighted by Gasteiger charge is -2.27. The third kappa shape index (κ3) is 5.61. The Bertz CT molecular complexity index is 618. The van der Waals surface area contributed by atoms with Crippen molar-refractivity contribution >= 4 is 29.1 Å². The maximum atomic E-state index is 12.5. The third-order valence-corrected chi connectivity index (χ3v) is 4.69. The molecule has 0 heterocycles. The van der Waals surface area contributed by atoms with Crippen LogP contribution in [0.2, 0.25) is 5.02 Å². The average Bonchev–Trinajstić information content (AvgIpc) is 2.58. The topological polar surface area (TPSA) is 61.9 Å². The van der Waals surface area contributed by atoms with Gasteiger partial charge in [0.05, 0.1) is 25.4 Å². The maximum Gasteiger partial charge on any atom is 0.241 e. The Morgan fingerprint density at radius 2 is 1.88 bits per heavy atom. The van der Waals surface area contributed by atoms with Crippen molar-refractivity contribution in [3.63, 3.8) is 0 Å². The third-order valence-electron chi connectivity index (χ3n) is 4.28. The summed E-state index contributed by atoms with van der Waals surface area (Å²) in [5, 5.41) is 3.43. The molecule has 2 amide bonds. The minimum Gasteiger partial charge on any atom is -0.495 e. The molecule has 6 nitrogen and oxygen atoms in total. The second-order valence-corrected chi connectivity index (χ2v) is 6.36. The van der Waals surface area contributed by atoms with Crippen LogP contribution >= 0.6 is 11.6 Å². The number of amides is 2. The predicted molar refractivity (Wildman–Crippen MR) is 101 cm³/mol. The van der Waals surface area contributed by atoms with Gasteiger partial charge in [0.15, 0.2) is 0 Å². The summed E-state index contributed by atoms with van der Waals surface area (Å²) in [6.45, 7) is 9.00. The molecule has 1 N–H and O–H groups in total. The number of nitrogens with zero attached hydrogens (tertiary/aromatic N) is 2. The SMILES string of the molecule is CCN(CC)C(=O)CN(C)C(C)C(=O)Nc1cc(C)c(Cl)cc1OC. The number of nitrogens with one attached hydrogen (secondary N) is 1. The summed E-state index contributed by atoms with van der Waals surface area (Å²) >= 11 is 6.09. The minimum absolute atomic E-state index is 0.00654. The van der Waals surface area contributed by atoms with Crippen LogP contribution in [-0.4, -0.2) is 61.4 Å². The van der Waals surface area contributed by atoms with E-state index in [9.17, 15) is 9.59 Å². The Morgan fingerprint density at radius 3 is 2.40 bits per heavy atom. The number of likely N-dealkylation sites (N-methyl/N-ethyl adjacent to an activating group) is 2. The summed E-state index contributed by atoms with van der Waals surface area (Å²) in [4.78, 5) is 28.2. The first-order valence-electron chi connectivity index (χ1n) is 8.38. The van der Waals surface area contributed by atoms with Crippen molar-refractivity contribution in [1.29, 1.82) is 0 Å². The Labute approximate surface area is 155 Å². The summed E-state index contributed by atoms with van der Waals surface area (Å²) in [5.41, 5.74) is 1.40. The fourth-order valence-corrected chi connectivity index (χ4v) is 2.55. The molecule has 0 saturated carbocycles. The molecular formula is C18H28ClN3O3. The molecule has 0 aliphatic carbocycles. The van der Waals surface area contributed by atoms with Crippen molar-refractivity contribution in [1.82, 2.24) is 9.80 Å². The van der Waals surface area contributed by atoms with Gasteiger partial charge in [-0.25, -0.2) is 0 Å². The van der Waals surface area contributed by atoms with Gasteiger partial charge < -0.3 is 15.0 Å². The minimum atomic E-state index is -0.472. The van der Waals surface area contributed by atoms with Crippen molar-refractivity contribution in [2.75, 3.05) is 39.1 Å². The van der Waals surface area contributed by atoms with Gasteiger partial charge in [-0.3, -0.25) is 14.5 Å². The quantitative estimate of drug-likeness (QED) is 0.765. The van der Waals surface area contributed by atoms with E-state index in [0.29, 0.717) is 29.5 Å². The summed E-state index contributed by atoms with van der Waals surface area (Å²) in [5.74, 6) is 0.292. The van der Waals surface area contributed by atoms with Gasteiger partial charge in [0.1, 0.15) is 5.75 Å². The highest BCUT2D eigenvalue weighted by Crippen LogP contribution is 2.31. The van der Waals surface area contributed by atoms with E-state index in [1.54, 1.807) is 35.9 Å². The van der Waals surface area contributed by atoms with Gasteiger partial charge in [-0.1, -0.05) is 11.6 Å². The van der Waals surface area contributed by atoms with Crippen molar-refractivity contribution in [3.8, 4) is 5.75 Å².